The summed E-state index contributed by atoms with van der Waals surface area (Å²) in [5.41, 5.74) is 0. The molecule has 0 radical (unpaired) electrons. The fourth-order valence-corrected chi connectivity index (χ4v) is 3.37. The minimum atomic E-state index is 0. The van der Waals surface area contributed by atoms with Crippen LogP contribution in [-0.4, -0.2) is 55.7 Å². The Hall–Kier alpha value is 0.844. The van der Waals surface area contributed by atoms with Crippen molar-refractivity contribution in [3.8, 4) is 0 Å². The van der Waals surface area contributed by atoms with Gasteiger partial charge >= 0.3 is 122 Å². The average Bonchev–Trinajstić information content (AvgIpc) is 2.39. The Balaban J connectivity index is 0.00000324. The van der Waals surface area contributed by atoms with Crippen molar-refractivity contribution in [2.45, 2.75) is 30.9 Å². The first-order valence-corrected chi connectivity index (χ1v) is 9.74. The summed E-state index contributed by atoms with van der Waals surface area (Å²) in [6.07, 6.45) is 5.11. The van der Waals surface area contributed by atoms with Gasteiger partial charge in [-0.3, -0.25) is 0 Å². The van der Waals surface area contributed by atoms with Crippen LogP contribution in [0.5, 0.6) is 0 Å². The standard InChI is InChI=1S/C12H27N4.CH3.ClH.Ti/c1-5-13-7-2-9-15-11-4-12-16-10-3-8-14-6-1;;;/h13-15H,1-12H2;1H3;1H;/q-1;;;+1. The maximum absolute atomic E-state index is 3.55. The first-order valence-electron chi connectivity index (χ1n) is 7.48. The van der Waals surface area contributed by atoms with E-state index in [1.165, 1.54) is 51.9 Å². The van der Waals surface area contributed by atoms with Crippen LogP contribution in [0.1, 0.15) is 25.7 Å². The minimum absolute atomic E-state index is 0. The molecule has 1 aliphatic heterocycles. The number of halogens is 1. The van der Waals surface area contributed by atoms with Gasteiger partial charge in [-0.25, -0.2) is 0 Å². The van der Waals surface area contributed by atoms with Crippen LogP contribution in [-0.2, 0) is 19.4 Å². The summed E-state index contributed by atoms with van der Waals surface area (Å²) in [4.78, 5) is 0. The van der Waals surface area contributed by atoms with E-state index in [0.29, 0.717) is 0 Å². The zero-order valence-electron chi connectivity index (χ0n) is 12.3. The van der Waals surface area contributed by atoms with Crippen LogP contribution < -0.4 is 16.0 Å². The Morgan fingerprint density at radius 2 is 1.05 bits per heavy atom. The molecular formula is C13H31ClN4Ti. The zero-order chi connectivity index (χ0) is 12.9. The normalized spacial score (nSPS) is 22.4. The molecule has 1 aliphatic rings. The molecule has 0 aromatic carbocycles. The summed E-state index contributed by atoms with van der Waals surface area (Å²) >= 11 is 0.140. The second kappa shape index (κ2) is 15.2. The summed E-state index contributed by atoms with van der Waals surface area (Å²) in [7, 11) is 0. The second-order valence-corrected chi connectivity index (χ2v) is 6.56. The van der Waals surface area contributed by atoms with Gasteiger partial charge in [-0.1, -0.05) is 0 Å². The molecular weight excluding hydrogens is 295 g/mol. The van der Waals surface area contributed by atoms with Gasteiger partial charge in [0, 0.05) is 0 Å². The van der Waals surface area contributed by atoms with Crippen molar-refractivity contribution >= 4 is 12.4 Å². The third kappa shape index (κ3) is 12.3. The van der Waals surface area contributed by atoms with Crippen LogP contribution in [0, 0.1) is 0 Å². The molecule has 0 atom stereocenters. The van der Waals surface area contributed by atoms with E-state index >= 15 is 0 Å². The molecule has 6 heteroatoms. The molecule has 0 amide bonds. The van der Waals surface area contributed by atoms with Crippen LogP contribution >= 0.6 is 12.4 Å². The maximum atomic E-state index is 3.55. The number of hydrogen-bond acceptors (Lipinski definition) is 4. The second-order valence-electron chi connectivity index (χ2n) is 4.87. The molecule has 0 spiro atoms. The van der Waals surface area contributed by atoms with Gasteiger partial charge in [0.05, 0.1) is 0 Å². The van der Waals surface area contributed by atoms with Gasteiger partial charge < -0.3 is 0 Å². The van der Waals surface area contributed by atoms with Crippen molar-refractivity contribution in [2.75, 3.05) is 52.4 Å². The van der Waals surface area contributed by atoms with Crippen LogP contribution in [0.4, 0.5) is 0 Å². The van der Waals surface area contributed by atoms with E-state index in [0.717, 1.165) is 26.2 Å². The van der Waals surface area contributed by atoms with Gasteiger partial charge in [0.25, 0.3) is 0 Å². The number of nitrogens with one attached hydrogen (secondary N) is 3. The van der Waals surface area contributed by atoms with Crippen molar-refractivity contribution in [1.29, 1.82) is 0 Å². The quantitative estimate of drug-likeness (QED) is 0.631. The van der Waals surface area contributed by atoms with Crippen molar-refractivity contribution in [3.05, 3.63) is 0 Å². The van der Waals surface area contributed by atoms with E-state index in [-0.39, 0.29) is 31.8 Å². The van der Waals surface area contributed by atoms with E-state index in [2.05, 4.69) is 24.6 Å². The molecule has 0 aliphatic carbocycles. The monoisotopic (exact) mass is 326 g/mol. The van der Waals surface area contributed by atoms with Gasteiger partial charge in [-0.05, 0) is 0 Å². The average molecular weight is 327 g/mol. The number of nitrogens with zero attached hydrogens (tertiary/aromatic N) is 1. The Bertz CT molecular complexity index is 170. The van der Waals surface area contributed by atoms with Gasteiger partial charge in [0.15, 0.2) is 0 Å². The van der Waals surface area contributed by atoms with Crippen molar-refractivity contribution in [1.82, 2.24) is 19.3 Å². The van der Waals surface area contributed by atoms with Gasteiger partial charge in [-0.15, -0.1) is 12.4 Å². The van der Waals surface area contributed by atoms with E-state index in [9.17, 15) is 0 Å². The molecule has 1 fully saturated rings. The summed E-state index contributed by atoms with van der Waals surface area (Å²) in [6, 6.07) is 0. The van der Waals surface area contributed by atoms with Gasteiger partial charge in [-0.2, -0.15) is 0 Å². The summed E-state index contributed by atoms with van der Waals surface area (Å²) < 4.78 is 2.69. The predicted molar refractivity (Wildman–Crippen MR) is 81.8 cm³/mol. The zero-order valence-corrected chi connectivity index (χ0v) is 14.7. The molecule has 19 heavy (non-hydrogen) atoms. The molecule has 0 aromatic heterocycles. The Morgan fingerprint density at radius 1 is 0.684 bits per heavy atom. The van der Waals surface area contributed by atoms with Crippen LogP contribution in [0.15, 0.2) is 0 Å². The topological polar surface area (TPSA) is 39.3 Å². The third-order valence-electron chi connectivity index (χ3n) is 3.29. The first kappa shape index (κ1) is 19.8. The number of rotatable bonds is 1. The molecule has 0 saturated carbocycles. The number of hydrogen-bond donors (Lipinski definition) is 3. The van der Waals surface area contributed by atoms with Crippen LogP contribution in [0.2, 0.25) is 5.23 Å². The van der Waals surface area contributed by atoms with Crippen molar-refractivity contribution in [3.63, 3.8) is 0 Å². The molecule has 1 rings (SSSR count). The van der Waals surface area contributed by atoms with E-state index in [1.807, 2.05) is 0 Å². The molecule has 0 bridgehead atoms. The van der Waals surface area contributed by atoms with Gasteiger partial charge in [0.2, 0.25) is 0 Å². The Kier molecular flexibility index (Phi) is 15.9. The van der Waals surface area contributed by atoms with Crippen molar-refractivity contribution < 1.29 is 19.4 Å². The van der Waals surface area contributed by atoms with Crippen molar-refractivity contribution in [2.24, 2.45) is 0 Å². The van der Waals surface area contributed by atoms with E-state index in [1.54, 1.807) is 0 Å². The summed E-state index contributed by atoms with van der Waals surface area (Å²) in [5.74, 6) is 0. The molecule has 0 aromatic rings. The van der Waals surface area contributed by atoms with E-state index < -0.39 is 0 Å². The summed E-state index contributed by atoms with van der Waals surface area (Å²) in [6.45, 7) is 9.58. The third-order valence-corrected chi connectivity index (χ3v) is 4.98. The Labute approximate surface area is 134 Å². The van der Waals surface area contributed by atoms with E-state index in [4.69, 9.17) is 0 Å². The fraction of sp³-hybridized carbons (Fsp3) is 1.00. The molecule has 1 heterocycles. The molecule has 114 valence electrons. The molecule has 1 saturated heterocycles. The molecule has 0 unspecified atom stereocenters. The van der Waals surface area contributed by atoms with Gasteiger partial charge in [0.1, 0.15) is 0 Å². The van der Waals surface area contributed by atoms with Crippen LogP contribution in [0.3, 0.4) is 0 Å². The SMILES string of the molecule is Cl.[CH3][Ti][N]1CCCNCCCNCCCNCCC1. The Morgan fingerprint density at radius 3 is 1.42 bits per heavy atom. The predicted octanol–water partition coefficient (Wildman–Crippen LogP) is 1.10. The molecule has 4 nitrogen and oxygen atoms in total. The van der Waals surface area contributed by atoms with Crippen LogP contribution in [0.25, 0.3) is 0 Å². The fourth-order valence-electron chi connectivity index (χ4n) is 2.18. The first-order chi connectivity index (χ1) is 8.93. The molecule has 3 N–H and O–H groups in total. The summed E-state index contributed by atoms with van der Waals surface area (Å²) in [5, 5.41) is 13.0.